The number of nitrogens with one attached hydrogen (secondary N) is 1. The van der Waals surface area contributed by atoms with E-state index in [9.17, 15) is 14.4 Å². The van der Waals surface area contributed by atoms with Gasteiger partial charge in [-0.2, -0.15) is 0 Å². The van der Waals surface area contributed by atoms with E-state index in [1.54, 1.807) is 18.2 Å². The van der Waals surface area contributed by atoms with E-state index in [4.69, 9.17) is 16.3 Å². The van der Waals surface area contributed by atoms with Gasteiger partial charge in [-0.25, -0.2) is 9.69 Å². The summed E-state index contributed by atoms with van der Waals surface area (Å²) >= 11 is 6.16. The van der Waals surface area contributed by atoms with Crippen LogP contribution in [0.5, 0.6) is 5.75 Å². The zero-order valence-electron chi connectivity index (χ0n) is 18.2. The van der Waals surface area contributed by atoms with Gasteiger partial charge in [0, 0.05) is 16.9 Å². The number of barbiturate groups is 1. The second-order valence-electron chi connectivity index (χ2n) is 7.68. The number of hydrogen-bond donors (Lipinski definition) is 1. The Kier molecular flexibility index (Phi) is 6.33. The van der Waals surface area contributed by atoms with Crippen molar-refractivity contribution in [3.8, 4) is 5.75 Å². The summed E-state index contributed by atoms with van der Waals surface area (Å²) in [6, 6.07) is 15.4. The average molecular weight is 464 g/mol. The normalized spacial score (nSPS) is 15.2. The van der Waals surface area contributed by atoms with Crippen molar-refractivity contribution in [2.45, 2.75) is 20.4 Å². The van der Waals surface area contributed by atoms with Crippen LogP contribution >= 0.6 is 11.6 Å². The minimum atomic E-state index is -0.816. The monoisotopic (exact) mass is 463 g/mol. The molecule has 0 bridgehead atoms. The summed E-state index contributed by atoms with van der Waals surface area (Å²) in [4.78, 5) is 38.9. The first-order valence-electron chi connectivity index (χ1n) is 10.4. The topological polar surface area (TPSA) is 80.6 Å². The fourth-order valence-corrected chi connectivity index (χ4v) is 3.59. The van der Waals surface area contributed by atoms with E-state index in [2.05, 4.69) is 5.32 Å². The predicted octanol–water partition coefficient (Wildman–Crippen LogP) is 4.50. The summed E-state index contributed by atoms with van der Waals surface area (Å²) in [7, 11) is 0. The number of hydrogen-bond acceptors (Lipinski definition) is 4. The van der Waals surface area contributed by atoms with Gasteiger partial charge in [0.25, 0.3) is 11.8 Å². The lowest BCUT2D eigenvalue weighted by molar-refractivity contribution is -0.122. The molecule has 0 radical (unpaired) electrons. The Balaban J connectivity index is 1.54. The highest BCUT2D eigenvalue weighted by molar-refractivity contribution is 6.39. The Labute approximate surface area is 196 Å². The number of nitrogens with zero attached hydrogens (tertiary/aromatic N) is 2. The van der Waals surface area contributed by atoms with Gasteiger partial charge in [0.15, 0.2) is 0 Å². The Hall–Kier alpha value is -3.84. The smallest absolute Gasteiger partial charge is 0.335 e. The maximum absolute atomic E-state index is 13.1. The molecule has 0 spiro atoms. The zero-order valence-corrected chi connectivity index (χ0v) is 18.9. The molecule has 0 aliphatic carbocycles. The Morgan fingerprint density at radius 2 is 1.79 bits per heavy atom. The van der Waals surface area contributed by atoms with Crippen molar-refractivity contribution >= 4 is 41.2 Å². The van der Waals surface area contributed by atoms with E-state index >= 15 is 0 Å². The molecule has 4 rings (SSSR count). The molecule has 1 N–H and O–H groups in total. The van der Waals surface area contributed by atoms with Crippen LogP contribution in [0.1, 0.15) is 16.8 Å². The maximum Gasteiger partial charge on any atom is 0.335 e. The number of rotatable bonds is 6. The molecular weight excluding hydrogens is 442 g/mol. The molecule has 0 atom stereocenters. The number of anilines is 1. The summed E-state index contributed by atoms with van der Waals surface area (Å²) < 4.78 is 7.64. The van der Waals surface area contributed by atoms with Crippen LogP contribution in [0.2, 0.25) is 5.02 Å². The van der Waals surface area contributed by atoms with Crippen LogP contribution in [-0.4, -0.2) is 29.0 Å². The molecule has 168 valence electrons. The number of carbonyl (C=O) groups excluding carboxylic acids is 3. The molecule has 1 aliphatic heterocycles. The SMILES string of the molecule is Cc1ccc(OCCn2cccc2/C=C2/C(=O)NC(=O)N(c3ccc(C)c(Cl)c3)C2=O)cc1. The molecule has 1 saturated heterocycles. The highest BCUT2D eigenvalue weighted by Crippen LogP contribution is 2.26. The van der Waals surface area contributed by atoms with Crippen molar-refractivity contribution in [1.82, 2.24) is 9.88 Å². The van der Waals surface area contributed by atoms with E-state index in [0.717, 1.165) is 21.8 Å². The first-order valence-corrected chi connectivity index (χ1v) is 10.7. The van der Waals surface area contributed by atoms with E-state index < -0.39 is 17.8 Å². The van der Waals surface area contributed by atoms with Crippen molar-refractivity contribution in [3.05, 3.63) is 88.2 Å². The summed E-state index contributed by atoms with van der Waals surface area (Å²) in [5.41, 5.74) is 2.73. The summed E-state index contributed by atoms with van der Waals surface area (Å²) in [6.07, 6.45) is 3.30. The van der Waals surface area contributed by atoms with Crippen molar-refractivity contribution in [2.75, 3.05) is 11.5 Å². The van der Waals surface area contributed by atoms with Gasteiger partial charge in [-0.1, -0.05) is 35.4 Å². The minimum Gasteiger partial charge on any atom is -0.492 e. The van der Waals surface area contributed by atoms with Gasteiger partial charge in [-0.05, 0) is 61.9 Å². The van der Waals surface area contributed by atoms with Gasteiger partial charge in [0.05, 0.1) is 12.2 Å². The van der Waals surface area contributed by atoms with Crippen LogP contribution in [0.4, 0.5) is 10.5 Å². The van der Waals surface area contributed by atoms with E-state index in [1.165, 1.54) is 12.1 Å². The maximum atomic E-state index is 13.1. The molecular formula is C25H22ClN3O4. The quantitative estimate of drug-likeness (QED) is 0.431. The van der Waals surface area contributed by atoms with Crippen molar-refractivity contribution in [1.29, 1.82) is 0 Å². The number of imide groups is 2. The van der Waals surface area contributed by atoms with E-state index in [-0.39, 0.29) is 11.3 Å². The first-order chi connectivity index (χ1) is 15.8. The molecule has 8 heteroatoms. The Bertz CT molecular complexity index is 1260. The molecule has 0 unspecified atom stereocenters. The van der Waals surface area contributed by atoms with Crippen LogP contribution in [0.3, 0.4) is 0 Å². The largest absolute Gasteiger partial charge is 0.492 e. The van der Waals surface area contributed by atoms with Crippen LogP contribution < -0.4 is 15.0 Å². The fourth-order valence-electron chi connectivity index (χ4n) is 3.42. The molecule has 1 fully saturated rings. The van der Waals surface area contributed by atoms with Crippen LogP contribution in [0.25, 0.3) is 6.08 Å². The van der Waals surface area contributed by atoms with E-state index in [0.29, 0.717) is 23.9 Å². The third-order valence-corrected chi connectivity index (χ3v) is 5.70. The van der Waals surface area contributed by atoms with E-state index in [1.807, 2.05) is 54.9 Å². The lowest BCUT2D eigenvalue weighted by atomic mass is 10.1. The number of benzene rings is 2. The molecule has 3 aromatic rings. The van der Waals surface area contributed by atoms with Gasteiger partial charge in [0.2, 0.25) is 0 Å². The fraction of sp³-hybridized carbons (Fsp3) is 0.160. The number of amides is 4. The number of halogens is 1. The lowest BCUT2D eigenvalue weighted by Gasteiger charge is -2.26. The first kappa shape index (κ1) is 22.4. The van der Waals surface area contributed by atoms with Gasteiger partial charge >= 0.3 is 6.03 Å². The Morgan fingerprint density at radius 3 is 2.52 bits per heavy atom. The second-order valence-corrected chi connectivity index (χ2v) is 8.09. The molecule has 4 amide bonds. The molecule has 2 heterocycles. The summed E-state index contributed by atoms with van der Waals surface area (Å²) in [5, 5.41) is 2.64. The van der Waals surface area contributed by atoms with Gasteiger partial charge in [-0.3, -0.25) is 14.9 Å². The van der Waals surface area contributed by atoms with Crippen LogP contribution in [-0.2, 0) is 16.1 Å². The summed E-state index contributed by atoms with van der Waals surface area (Å²) in [5.74, 6) is -0.698. The standard InChI is InChI=1S/C25H22ClN3O4/c1-16-5-9-20(10-6-16)33-13-12-28-11-3-4-18(28)14-21-23(30)27-25(32)29(24(21)31)19-8-7-17(2)22(26)15-19/h3-11,14-15H,12-13H2,1-2H3,(H,27,30,32)/b21-14-. The highest BCUT2D eigenvalue weighted by atomic mass is 35.5. The molecule has 7 nitrogen and oxygen atoms in total. The second kappa shape index (κ2) is 9.34. The van der Waals surface area contributed by atoms with Crippen molar-refractivity contribution in [2.24, 2.45) is 0 Å². The molecule has 1 aliphatic rings. The Morgan fingerprint density at radius 1 is 1.03 bits per heavy atom. The third kappa shape index (κ3) is 4.83. The lowest BCUT2D eigenvalue weighted by Crippen LogP contribution is -2.54. The number of aryl methyl sites for hydroxylation is 2. The number of urea groups is 1. The number of ether oxygens (including phenoxy) is 1. The zero-order chi connectivity index (χ0) is 23.5. The molecule has 0 saturated carbocycles. The van der Waals surface area contributed by atoms with Crippen LogP contribution in [0.15, 0.2) is 66.4 Å². The molecule has 33 heavy (non-hydrogen) atoms. The van der Waals surface area contributed by atoms with Crippen LogP contribution in [0, 0.1) is 13.8 Å². The highest BCUT2D eigenvalue weighted by Gasteiger charge is 2.37. The van der Waals surface area contributed by atoms with Crippen molar-refractivity contribution < 1.29 is 19.1 Å². The van der Waals surface area contributed by atoms with Gasteiger partial charge in [-0.15, -0.1) is 0 Å². The molecule has 1 aromatic heterocycles. The van der Waals surface area contributed by atoms with Gasteiger partial charge in [0.1, 0.15) is 17.9 Å². The minimum absolute atomic E-state index is 0.147. The van der Waals surface area contributed by atoms with Crippen molar-refractivity contribution in [3.63, 3.8) is 0 Å². The van der Waals surface area contributed by atoms with Gasteiger partial charge < -0.3 is 9.30 Å². The summed E-state index contributed by atoms with van der Waals surface area (Å²) in [6.45, 7) is 4.73. The number of carbonyl (C=O) groups is 3. The third-order valence-electron chi connectivity index (χ3n) is 5.29. The molecule has 2 aromatic carbocycles. The number of aromatic nitrogens is 1. The average Bonchev–Trinajstić information content (AvgIpc) is 3.22. The predicted molar refractivity (Wildman–Crippen MR) is 126 cm³/mol.